The zero-order valence-corrected chi connectivity index (χ0v) is 19.0. The highest BCUT2D eigenvalue weighted by molar-refractivity contribution is 7.89. The van der Waals surface area contributed by atoms with E-state index in [9.17, 15) is 13.2 Å². The van der Waals surface area contributed by atoms with Crippen molar-refractivity contribution in [2.24, 2.45) is 11.8 Å². The molecule has 7 nitrogen and oxygen atoms in total. The first-order chi connectivity index (χ1) is 14.8. The summed E-state index contributed by atoms with van der Waals surface area (Å²) in [6.45, 7) is 5.20. The van der Waals surface area contributed by atoms with Gasteiger partial charge in [-0.2, -0.15) is 4.31 Å². The van der Waals surface area contributed by atoms with Crippen molar-refractivity contribution in [2.45, 2.75) is 25.2 Å². The van der Waals surface area contributed by atoms with Crippen LogP contribution in [0.1, 0.15) is 30.6 Å². The highest BCUT2D eigenvalue weighted by Crippen LogP contribution is 2.27. The van der Waals surface area contributed by atoms with Gasteiger partial charge in [0, 0.05) is 42.0 Å². The number of rotatable bonds is 5. The second-order valence-electron chi connectivity index (χ2n) is 8.03. The molecule has 1 aliphatic heterocycles. The van der Waals surface area contributed by atoms with Crippen LogP contribution in [-0.2, 0) is 10.0 Å². The summed E-state index contributed by atoms with van der Waals surface area (Å²) in [5.74, 6) is 0.327. The smallest absolute Gasteiger partial charge is 0.257 e. The molecule has 2 atom stereocenters. The molecule has 1 aromatic carbocycles. The van der Waals surface area contributed by atoms with Crippen molar-refractivity contribution in [2.75, 3.05) is 18.4 Å². The van der Waals surface area contributed by atoms with E-state index in [1.807, 2.05) is 17.5 Å². The van der Waals surface area contributed by atoms with Gasteiger partial charge in [-0.3, -0.25) is 15.1 Å². The first kappa shape index (κ1) is 21.6. The number of amides is 1. The Balaban J connectivity index is 1.45. The summed E-state index contributed by atoms with van der Waals surface area (Å²) in [5.41, 5.74) is 1.98. The van der Waals surface area contributed by atoms with Crippen molar-refractivity contribution in [3.8, 4) is 11.3 Å². The fourth-order valence-corrected chi connectivity index (χ4v) is 6.27. The Kier molecular flexibility index (Phi) is 6.17. The molecule has 0 radical (unpaired) electrons. The number of nitrogens with one attached hydrogen (secondary N) is 1. The monoisotopic (exact) mass is 456 g/mol. The lowest BCUT2D eigenvalue weighted by Gasteiger charge is -2.34. The molecule has 0 saturated carbocycles. The fraction of sp³-hybridized carbons (Fsp3) is 0.318. The number of aromatic nitrogens is 2. The van der Waals surface area contributed by atoms with Crippen LogP contribution in [0.5, 0.6) is 0 Å². The summed E-state index contributed by atoms with van der Waals surface area (Å²) in [5, 5.41) is 5.09. The second-order valence-corrected chi connectivity index (χ2v) is 10.8. The van der Waals surface area contributed by atoms with Crippen LogP contribution in [0.25, 0.3) is 11.3 Å². The number of thiazole rings is 1. The molecule has 9 heteroatoms. The van der Waals surface area contributed by atoms with Crippen molar-refractivity contribution in [1.29, 1.82) is 0 Å². The van der Waals surface area contributed by atoms with E-state index in [0.29, 0.717) is 35.6 Å². The molecule has 1 fully saturated rings. The fourth-order valence-electron chi connectivity index (χ4n) is 3.88. The molecule has 4 rings (SSSR count). The number of nitrogens with zero attached hydrogens (tertiary/aromatic N) is 3. The summed E-state index contributed by atoms with van der Waals surface area (Å²) in [4.78, 5) is 21.3. The predicted molar refractivity (Wildman–Crippen MR) is 121 cm³/mol. The van der Waals surface area contributed by atoms with E-state index in [1.54, 1.807) is 16.7 Å². The van der Waals surface area contributed by atoms with Gasteiger partial charge in [-0.05, 0) is 54.7 Å². The van der Waals surface area contributed by atoms with E-state index in [-0.39, 0.29) is 10.8 Å². The number of carbonyl (C=O) groups is 1. The highest BCUT2D eigenvalue weighted by Gasteiger charge is 2.31. The summed E-state index contributed by atoms with van der Waals surface area (Å²) in [7, 11) is -3.57. The Morgan fingerprint density at radius 3 is 2.48 bits per heavy atom. The van der Waals surface area contributed by atoms with Crippen LogP contribution in [0.15, 0.2) is 59.1 Å². The molecule has 3 heterocycles. The van der Waals surface area contributed by atoms with Gasteiger partial charge >= 0.3 is 0 Å². The lowest BCUT2D eigenvalue weighted by atomic mass is 9.94. The Hall–Kier alpha value is -2.62. The number of piperidine rings is 1. The SMILES string of the molecule is C[C@H]1C[C@H](C)CN(S(=O)(=O)c2ccc(C(=O)Nc3nc(-c4cccnc4)cs3)cc2)C1. The molecule has 1 N–H and O–H groups in total. The van der Waals surface area contributed by atoms with E-state index in [0.717, 1.165) is 17.7 Å². The minimum atomic E-state index is -3.57. The van der Waals surface area contributed by atoms with Crippen LogP contribution in [0, 0.1) is 11.8 Å². The van der Waals surface area contributed by atoms with E-state index in [1.165, 1.54) is 35.6 Å². The summed E-state index contributed by atoms with van der Waals surface area (Å²) in [6.07, 6.45) is 4.43. The summed E-state index contributed by atoms with van der Waals surface area (Å²) in [6, 6.07) is 9.79. The summed E-state index contributed by atoms with van der Waals surface area (Å²) >= 11 is 1.32. The third kappa shape index (κ3) is 4.84. The number of sulfonamides is 1. The third-order valence-corrected chi connectivity index (χ3v) is 7.88. The summed E-state index contributed by atoms with van der Waals surface area (Å²) < 4.78 is 27.6. The molecular formula is C22H24N4O3S2. The number of carbonyl (C=O) groups excluding carboxylic acids is 1. The number of pyridine rings is 1. The molecule has 162 valence electrons. The molecule has 0 spiro atoms. The van der Waals surface area contributed by atoms with Gasteiger partial charge in [-0.15, -0.1) is 11.3 Å². The second kappa shape index (κ2) is 8.86. The topological polar surface area (TPSA) is 92.3 Å². The van der Waals surface area contributed by atoms with E-state index in [2.05, 4.69) is 29.1 Å². The Labute approximate surface area is 186 Å². The van der Waals surface area contributed by atoms with Crippen LogP contribution in [0.4, 0.5) is 5.13 Å². The number of hydrogen-bond acceptors (Lipinski definition) is 6. The maximum absolute atomic E-state index is 13.0. The van der Waals surface area contributed by atoms with Crippen LogP contribution in [0.3, 0.4) is 0 Å². The van der Waals surface area contributed by atoms with Crippen LogP contribution in [-0.4, -0.2) is 41.7 Å². The highest BCUT2D eigenvalue weighted by atomic mass is 32.2. The van der Waals surface area contributed by atoms with E-state index >= 15 is 0 Å². The van der Waals surface area contributed by atoms with Gasteiger partial charge in [-0.25, -0.2) is 13.4 Å². The van der Waals surface area contributed by atoms with Gasteiger partial charge < -0.3 is 0 Å². The van der Waals surface area contributed by atoms with Gasteiger partial charge in [0.25, 0.3) is 5.91 Å². The molecule has 2 aromatic heterocycles. The van der Waals surface area contributed by atoms with Crippen LogP contribution >= 0.6 is 11.3 Å². The minimum absolute atomic E-state index is 0.207. The number of hydrogen-bond donors (Lipinski definition) is 1. The predicted octanol–water partition coefficient (Wildman–Crippen LogP) is 4.12. The van der Waals surface area contributed by atoms with Crippen molar-refractivity contribution >= 4 is 32.4 Å². The van der Waals surface area contributed by atoms with Crippen molar-refractivity contribution < 1.29 is 13.2 Å². The molecule has 1 saturated heterocycles. The van der Waals surface area contributed by atoms with Gasteiger partial charge in [0.15, 0.2) is 5.13 Å². The third-order valence-electron chi connectivity index (χ3n) is 5.27. The van der Waals surface area contributed by atoms with Gasteiger partial charge in [0.05, 0.1) is 10.6 Å². The van der Waals surface area contributed by atoms with Gasteiger partial charge in [0.1, 0.15) is 0 Å². The minimum Gasteiger partial charge on any atom is -0.298 e. The molecule has 0 unspecified atom stereocenters. The van der Waals surface area contributed by atoms with E-state index in [4.69, 9.17) is 0 Å². The number of benzene rings is 1. The lowest BCUT2D eigenvalue weighted by Crippen LogP contribution is -2.42. The maximum Gasteiger partial charge on any atom is 0.257 e. The Bertz CT molecular complexity index is 1150. The molecule has 1 amide bonds. The quantitative estimate of drug-likeness (QED) is 0.623. The first-order valence-corrected chi connectivity index (χ1v) is 12.4. The molecule has 31 heavy (non-hydrogen) atoms. The van der Waals surface area contributed by atoms with E-state index < -0.39 is 10.0 Å². The molecule has 1 aliphatic rings. The average molecular weight is 457 g/mol. The molecule has 0 bridgehead atoms. The zero-order chi connectivity index (χ0) is 22.0. The van der Waals surface area contributed by atoms with Gasteiger partial charge in [0.2, 0.25) is 10.0 Å². The molecule has 3 aromatic rings. The standard InChI is InChI=1S/C22H24N4O3S2/c1-15-10-16(2)13-26(12-15)31(28,29)19-7-5-17(6-8-19)21(27)25-22-24-20(14-30-22)18-4-3-9-23-11-18/h3-9,11,14-16H,10,12-13H2,1-2H3,(H,24,25,27)/t15-,16-/m0/s1. The Morgan fingerprint density at radius 2 is 1.84 bits per heavy atom. The van der Waals surface area contributed by atoms with Crippen LogP contribution < -0.4 is 5.32 Å². The van der Waals surface area contributed by atoms with Crippen molar-refractivity contribution in [3.05, 3.63) is 59.7 Å². The molecular weight excluding hydrogens is 432 g/mol. The normalized spacial score (nSPS) is 19.8. The Morgan fingerprint density at radius 1 is 1.13 bits per heavy atom. The van der Waals surface area contributed by atoms with Crippen molar-refractivity contribution in [1.82, 2.24) is 14.3 Å². The van der Waals surface area contributed by atoms with Crippen molar-refractivity contribution in [3.63, 3.8) is 0 Å². The largest absolute Gasteiger partial charge is 0.298 e. The first-order valence-electron chi connectivity index (χ1n) is 10.1. The van der Waals surface area contributed by atoms with Gasteiger partial charge in [-0.1, -0.05) is 13.8 Å². The van der Waals surface area contributed by atoms with Crippen LogP contribution in [0.2, 0.25) is 0 Å². The maximum atomic E-state index is 13.0. The number of anilines is 1. The lowest BCUT2D eigenvalue weighted by molar-refractivity contribution is 0.102. The average Bonchev–Trinajstić information content (AvgIpc) is 3.22. The zero-order valence-electron chi connectivity index (χ0n) is 17.4. The molecule has 0 aliphatic carbocycles.